The van der Waals surface area contributed by atoms with Gasteiger partial charge in [-0.2, -0.15) is 0 Å². The number of nitrogens with zero attached hydrogens (tertiary/aromatic N) is 1. The van der Waals surface area contributed by atoms with Crippen molar-refractivity contribution in [3.05, 3.63) is 29.8 Å². The Kier molecular flexibility index (Phi) is 8.41. The Balaban J connectivity index is 2.21. The molecule has 0 bridgehead atoms. The van der Waals surface area contributed by atoms with Crippen LogP contribution < -0.4 is 16.0 Å². The lowest BCUT2D eigenvalue weighted by molar-refractivity contribution is -0.143. The fourth-order valence-electron chi connectivity index (χ4n) is 3.38. The van der Waals surface area contributed by atoms with Gasteiger partial charge in [-0.15, -0.1) is 0 Å². The van der Waals surface area contributed by atoms with Crippen LogP contribution in [0.2, 0.25) is 0 Å². The fourth-order valence-corrected chi connectivity index (χ4v) is 3.38. The lowest BCUT2D eigenvalue weighted by atomic mass is 10.0. The maximum absolute atomic E-state index is 13.2. The molecule has 1 amide bonds. The van der Waals surface area contributed by atoms with Crippen LogP contribution in [0, 0.1) is 0 Å². The topological polar surface area (TPSA) is 122 Å². The van der Waals surface area contributed by atoms with Crippen LogP contribution in [0.1, 0.15) is 38.2 Å². The van der Waals surface area contributed by atoms with Crippen molar-refractivity contribution in [3.8, 4) is 0 Å². The highest BCUT2D eigenvalue weighted by atomic mass is 16.5. The molecular formula is C20H29N3O5. The van der Waals surface area contributed by atoms with Crippen molar-refractivity contribution in [2.75, 3.05) is 24.6 Å². The summed E-state index contributed by atoms with van der Waals surface area (Å²) in [4.78, 5) is 38.3. The molecule has 2 rings (SSSR count). The summed E-state index contributed by atoms with van der Waals surface area (Å²) in [6.07, 6.45) is 2.84. The Labute approximate surface area is 165 Å². The van der Waals surface area contributed by atoms with E-state index >= 15 is 0 Å². The number of benzene rings is 1. The highest BCUT2D eigenvalue weighted by molar-refractivity contribution is 6.02. The number of aliphatic carboxylic acids is 1. The van der Waals surface area contributed by atoms with Crippen molar-refractivity contribution in [2.24, 2.45) is 5.73 Å². The zero-order valence-corrected chi connectivity index (χ0v) is 16.2. The van der Waals surface area contributed by atoms with Gasteiger partial charge in [0.2, 0.25) is 5.91 Å². The van der Waals surface area contributed by atoms with Crippen molar-refractivity contribution >= 4 is 23.5 Å². The average molecular weight is 391 g/mol. The monoisotopic (exact) mass is 391 g/mol. The molecule has 1 aliphatic heterocycles. The number of anilines is 1. The maximum atomic E-state index is 13.2. The van der Waals surface area contributed by atoms with Crippen molar-refractivity contribution in [2.45, 2.75) is 51.1 Å². The summed E-state index contributed by atoms with van der Waals surface area (Å²) in [7, 11) is 0. The van der Waals surface area contributed by atoms with Crippen LogP contribution in [0.3, 0.4) is 0 Å². The van der Waals surface area contributed by atoms with Gasteiger partial charge in [0.05, 0.1) is 12.6 Å². The van der Waals surface area contributed by atoms with E-state index in [1.807, 2.05) is 18.2 Å². The van der Waals surface area contributed by atoms with Gasteiger partial charge in [0.25, 0.3) is 0 Å². The number of carbonyl (C=O) groups excluding carboxylic acids is 2. The van der Waals surface area contributed by atoms with E-state index in [2.05, 4.69) is 5.32 Å². The number of ether oxygens (including phenoxy) is 1. The normalized spacial score (nSPS) is 17.6. The van der Waals surface area contributed by atoms with E-state index in [4.69, 9.17) is 10.5 Å². The number of nitrogens with one attached hydrogen (secondary N) is 1. The van der Waals surface area contributed by atoms with Gasteiger partial charge in [-0.05, 0) is 50.8 Å². The Hall–Kier alpha value is -2.45. The Morgan fingerprint density at radius 2 is 2.11 bits per heavy atom. The number of carbonyl (C=O) groups is 3. The van der Waals surface area contributed by atoms with Crippen molar-refractivity contribution < 1.29 is 24.2 Å². The first-order valence-electron chi connectivity index (χ1n) is 9.71. The lowest BCUT2D eigenvalue weighted by Crippen LogP contribution is -2.52. The molecule has 0 saturated carbocycles. The summed E-state index contributed by atoms with van der Waals surface area (Å²) in [5.74, 6) is -1.81. The quantitative estimate of drug-likeness (QED) is 0.403. The molecule has 4 N–H and O–H groups in total. The van der Waals surface area contributed by atoms with Crippen LogP contribution in [0.4, 0.5) is 5.69 Å². The van der Waals surface area contributed by atoms with E-state index < -0.39 is 24.0 Å². The van der Waals surface area contributed by atoms with E-state index in [-0.39, 0.29) is 19.1 Å². The molecule has 8 nitrogen and oxygen atoms in total. The molecule has 28 heavy (non-hydrogen) atoms. The molecule has 0 saturated heterocycles. The molecule has 2 atom stereocenters. The predicted molar refractivity (Wildman–Crippen MR) is 105 cm³/mol. The first-order chi connectivity index (χ1) is 13.5. The van der Waals surface area contributed by atoms with Gasteiger partial charge in [0, 0.05) is 5.69 Å². The minimum atomic E-state index is -0.997. The molecule has 0 fully saturated rings. The summed E-state index contributed by atoms with van der Waals surface area (Å²) in [5, 5.41) is 12.5. The third-order valence-corrected chi connectivity index (χ3v) is 4.79. The number of carboxylic acids is 1. The molecule has 0 unspecified atom stereocenters. The number of para-hydroxylation sites is 1. The van der Waals surface area contributed by atoms with Gasteiger partial charge in [-0.25, -0.2) is 0 Å². The highest BCUT2D eigenvalue weighted by Crippen LogP contribution is 2.27. The summed E-state index contributed by atoms with van der Waals surface area (Å²) in [6.45, 7) is 2.23. The van der Waals surface area contributed by atoms with Crippen molar-refractivity contribution in [3.63, 3.8) is 0 Å². The number of carboxylic acid groups (broad SMARTS) is 1. The van der Waals surface area contributed by atoms with Gasteiger partial charge in [-0.3, -0.25) is 24.6 Å². The molecule has 1 aliphatic rings. The number of rotatable bonds is 10. The molecule has 1 aromatic rings. The zero-order chi connectivity index (χ0) is 20.5. The van der Waals surface area contributed by atoms with E-state index in [0.717, 1.165) is 12.0 Å². The molecule has 0 spiro atoms. The first-order valence-corrected chi connectivity index (χ1v) is 9.71. The van der Waals surface area contributed by atoms with Gasteiger partial charge < -0.3 is 15.6 Å². The minimum absolute atomic E-state index is 0.202. The van der Waals surface area contributed by atoms with Crippen LogP contribution in [-0.4, -0.2) is 54.7 Å². The number of unbranched alkanes of at least 4 members (excludes halogenated alkanes) is 1. The van der Waals surface area contributed by atoms with Gasteiger partial charge in [-0.1, -0.05) is 24.6 Å². The summed E-state index contributed by atoms with van der Waals surface area (Å²) in [6, 6.07) is 5.87. The Morgan fingerprint density at radius 1 is 1.36 bits per heavy atom. The number of esters is 1. The number of aryl methyl sites for hydroxylation is 1. The molecule has 0 aromatic heterocycles. The number of nitrogens with two attached hydrogens (primary N) is 1. The van der Waals surface area contributed by atoms with Gasteiger partial charge in [0.15, 0.2) is 0 Å². The average Bonchev–Trinajstić information content (AvgIpc) is 2.79. The minimum Gasteiger partial charge on any atom is -0.480 e. The van der Waals surface area contributed by atoms with Crippen LogP contribution in [0.25, 0.3) is 0 Å². The SMILES string of the molecule is CCOC(=O)CN1C(=O)[C@@H](N[C@@H](CCCCN)C(=O)O)CCc2ccccc21. The molecule has 8 heteroatoms. The second-order valence-corrected chi connectivity index (χ2v) is 6.79. The van der Waals surface area contributed by atoms with Crippen LogP contribution >= 0.6 is 0 Å². The van der Waals surface area contributed by atoms with Crippen LogP contribution in [0.5, 0.6) is 0 Å². The number of hydrogen-bond acceptors (Lipinski definition) is 6. The summed E-state index contributed by atoms with van der Waals surface area (Å²) < 4.78 is 5.01. The Morgan fingerprint density at radius 3 is 2.79 bits per heavy atom. The second kappa shape index (κ2) is 10.8. The van der Waals surface area contributed by atoms with Gasteiger partial charge in [0.1, 0.15) is 12.6 Å². The number of amides is 1. The highest BCUT2D eigenvalue weighted by Gasteiger charge is 2.34. The smallest absolute Gasteiger partial charge is 0.326 e. The maximum Gasteiger partial charge on any atom is 0.326 e. The number of fused-ring (bicyclic) bond motifs is 1. The van der Waals surface area contributed by atoms with Crippen molar-refractivity contribution in [1.29, 1.82) is 0 Å². The van der Waals surface area contributed by atoms with E-state index in [0.29, 0.717) is 37.9 Å². The fraction of sp³-hybridized carbons (Fsp3) is 0.550. The molecular weight excluding hydrogens is 362 g/mol. The van der Waals surface area contributed by atoms with Crippen molar-refractivity contribution in [1.82, 2.24) is 5.32 Å². The first kappa shape index (κ1) is 21.8. The summed E-state index contributed by atoms with van der Waals surface area (Å²) in [5.41, 5.74) is 7.09. The predicted octanol–water partition coefficient (Wildman–Crippen LogP) is 1.07. The van der Waals surface area contributed by atoms with Crippen LogP contribution in [0.15, 0.2) is 24.3 Å². The molecule has 1 heterocycles. The zero-order valence-electron chi connectivity index (χ0n) is 16.2. The summed E-state index contributed by atoms with van der Waals surface area (Å²) >= 11 is 0. The standard InChI is InChI=1S/C20H29N3O5/c1-2-28-18(24)13-23-17-9-4-3-7-14(17)10-11-15(19(23)25)22-16(20(26)27)8-5-6-12-21/h3-4,7,9,15-16,22H,2,5-6,8,10-13,21H2,1H3,(H,26,27)/t15-,16-/m0/s1. The molecule has 154 valence electrons. The second-order valence-electron chi connectivity index (χ2n) is 6.79. The van der Waals surface area contributed by atoms with E-state index in [1.165, 1.54) is 4.90 Å². The van der Waals surface area contributed by atoms with E-state index in [1.54, 1.807) is 13.0 Å². The molecule has 1 aromatic carbocycles. The van der Waals surface area contributed by atoms with Gasteiger partial charge >= 0.3 is 11.9 Å². The van der Waals surface area contributed by atoms with E-state index in [9.17, 15) is 19.5 Å². The largest absolute Gasteiger partial charge is 0.480 e. The lowest BCUT2D eigenvalue weighted by Gasteiger charge is -2.27. The van der Waals surface area contributed by atoms with Crippen LogP contribution in [-0.2, 0) is 25.5 Å². The third kappa shape index (κ3) is 5.77. The third-order valence-electron chi connectivity index (χ3n) is 4.79. The Bertz CT molecular complexity index is 694. The molecule has 0 radical (unpaired) electrons. The number of hydrogen-bond donors (Lipinski definition) is 3. The molecule has 0 aliphatic carbocycles.